The molecule has 0 bridgehead atoms. The predicted molar refractivity (Wildman–Crippen MR) is 502 cm³/mol. The van der Waals surface area contributed by atoms with Gasteiger partial charge in [-0.2, -0.15) is 15.0 Å². The van der Waals surface area contributed by atoms with Crippen LogP contribution < -0.4 is 16.8 Å². The first-order valence-corrected chi connectivity index (χ1v) is 46.1. The number of aromatic nitrogens is 11. The Balaban J connectivity index is 0.000000203. The van der Waals surface area contributed by atoms with Crippen LogP contribution in [0.3, 0.4) is 0 Å². The highest BCUT2D eigenvalue weighted by atomic mass is 35.5. The second kappa shape index (κ2) is 52.8. The molecule has 10 atom stereocenters. The quantitative estimate of drug-likeness (QED) is 0.0102. The number of amides is 4. The molecule has 0 aliphatic carbocycles. The van der Waals surface area contributed by atoms with Gasteiger partial charge in [0.05, 0.1) is 36.3 Å². The number of likely N-dealkylation sites (tertiary alicyclic amines) is 4. The van der Waals surface area contributed by atoms with E-state index in [2.05, 4.69) is 77.9 Å². The van der Waals surface area contributed by atoms with E-state index in [-0.39, 0.29) is 130 Å². The van der Waals surface area contributed by atoms with Crippen molar-refractivity contribution in [2.75, 3.05) is 38.1 Å². The molecule has 0 spiro atoms. The lowest BCUT2D eigenvalue weighted by atomic mass is 9.92. The third kappa shape index (κ3) is 36.4. The van der Waals surface area contributed by atoms with E-state index in [1.807, 2.05) is 76.2 Å². The fourth-order valence-corrected chi connectivity index (χ4v) is 14.3. The smallest absolute Gasteiger partial charge is 0.410 e. The fourth-order valence-electron chi connectivity index (χ4n) is 14.2. The number of aryl methyl sites for hydroxylation is 1. The van der Waals surface area contributed by atoms with Gasteiger partial charge in [0.2, 0.25) is 0 Å². The Hall–Kier alpha value is -12.9. The van der Waals surface area contributed by atoms with Crippen molar-refractivity contribution in [3.8, 4) is 34.8 Å². The molecule has 139 heavy (non-hydrogen) atoms. The number of benzene rings is 2. The molecule has 34 nitrogen and oxygen atoms in total. The molecular formula is C95H116Cl3F7N20O14. The molecule has 5 fully saturated rings. The average molecular weight is 2000 g/mol. The Kier molecular flexibility index (Phi) is 42.3. The minimum absolute atomic E-state index is 0.00913. The van der Waals surface area contributed by atoms with E-state index < -0.39 is 51.6 Å². The van der Waals surface area contributed by atoms with Gasteiger partial charge in [-0.25, -0.2) is 69.8 Å². The molecule has 6 N–H and O–H groups in total. The van der Waals surface area contributed by atoms with Crippen LogP contribution in [0.4, 0.5) is 45.1 Å². The number of carbonyl (C=O) groups is 6. The monoisotopic (exact) mass is 2000 g/mol. The lowest BCUT2D eigenvalue weighted by Crippen LogP contribution is -2.50. The highest BCUT2D eigenvalue weighted by Gasteiger charge is 2.39. The largest absolute Gasteiger partial charge is 0.444 e. The van der Waals surface area contributed by atoms with E-state index >= 15 is 0 Å². The Morgan fingerprint density at radius 3 is 1.12 bits per heavy atom. The third-order valence-electron chi connectivity index (χ3n) is 21.8. The molecule has 10 aromatic rings. The van der Waals surface area contributed by atoms with Crippen LogP contribution in [0.5, 0.6) is 0 Å². The molecule has 2 aromatic carbocycles. The lowest BCUT2D eigenvalue weighted by Gasteiger charge is -2.38. The number of alkyl halides is 2. The van der Waals surface area contributed by atoms with Crippen molar-refractivity contribution in [3.63, 3.8) is 0 Å². The van der Waals surface area contributed by atoms with Gasteiger partial charge in [-0.3, -0.25) is 14.6 Å². The zero-order valence-corrected chi connectivity index (χ0v) is 81.9. The summed E-state index contributed by atoms with van der Waals surface area (Å²) in [5, 5.41) is 30.5. The number of ether oxygens (including phenoxy) is 3. The summed E-state index contributed by atoms with van der Waals surface area (Å²) in [6.45, 7) is 30.9. The molecule has 0 radical (unpaired) electrons. The summed E-state index contributed by atoms with van der Waals surface area (Å²) < 4.78 is 121. The molecule has 4 amide bonds. The van der Waals surface area contributed by atoms with Crippen LogP contribution in [-0.4, -0.2) is 212 Å². The van der Waals surface area contributed by atoms with Gasteiger partial charge in [-0.05, 0) is 289 Å². The molecule has 13 heterocycles. The third-order valence-corrected chi connectivity index (χ3v) is 22.0. The van der Waals surface area contributed by atoms with Gasteiger partial charge < -0.3 is 74.2 Å². The van der Waals surface area contributed by atoms with E-state index in [1.165, 1.54) is 103 Å². The standard InChI is InChI=1S/C20H18F2N4O2.C18H25FN4O4.C18H23FN4O3.C13H15FN4O.C12H23N3O3.C7H4ClFO.C6H6FN.CH2Cl2/c1-12-2-3-14(11-26(12)20(27)13-4-6-15(21)7-5-13)18-24-19(28-25-18)17-9-8-16(22)10-23-17;1-11-5-6-12(10-23(11)17(25)26-18(2,3)4)15(20)22-27-16(24)14-8-7-13(19)9-21-14;1-11-5-6-12(10-23(11)17(24)25-18(2,3)4)15-21-16(26-22-15)14-8-7-13(19)9-20-14;1-8-2-3-9(6-15-8)12-17-13(19-18-12)11-5-4-10(14)7-16-11;1-8-5-6-9(10(13)14-17)7-15(8)11(16)18-12(2,3)4;8-7(10)5-1-3-6(9)4-2-5;1-5-2-3-6(7)4-8-5;2-1-3/h4-10,12,14H,2-3,11H2,1H3;7-9,11-12H,5-6,10H2,1-4H3,(H2,20,22);7-9,11-12H,5-6,10H2,1-4H3;4-5,7-9,15H,2-3,6H2,1H3;8-9,17H,5-7H2,1-4H3,(H2,13,14);1-4H;2-4H,1H3;1H2/t12-,14+;11-,12?;11-,12+;2*8-,9+;;;/m11111.../s1. The molecule has 5 saturated heterocycles. The van der Waals surface area contributed by atoms with Crippen molar-refractivity contribution in [3.05, 3.63) is 221 Å². The van der Waals surface area contributed by atoms with E-state index in [4.69, 9.17) is 84.1 Å². The Morgan fingerprint density at radius 2 is 0.777 bits per heavy atom. The molecule has 15 rings (SSSR count). The van der Waals surface area contributed by atoms with E-state index in [0.29, 0.717) is 96.6 Å². The minimum atomic E-state index is -0.842. The van der Waals surface area contributed by atoms with Crippen LogP contribution in [0.25, 0.3) is 34.8 Å². The number of nitrogens with two attached hydrogens (primary N) is 2. The minimum Gasteiger partial charge on any atom is -0.444 e. The zero-order chi connectivity index (χ0) is 102. The van der Waals surface area contributed by atoms with Gasteiger partial charge in [0.25, 0.3) is 28.8 Å². The van der Waals surface area contributed by atoms with Crippen molar-refractivity contribution in [1.82, 2.24) is 80.3 Å². The molecule has 44 heteroatoms. The van der Waals surface area contributed by atoms with Crippen molar-refractivity contribution >= 4 is 81.9 Å². The number of nitrogens with one attached hydrogen (secondary N) is 1. The van der Waals surface area contributed by atoms with Crippen molar-refractivity contribution in [2.45, 2.75) is 233 Å². The first-order valence-electron chi connectivity index (χ1n) is 44.6. The van der Waals surface area contributed by atoms with Gasteiger partial charge >= 0.3 is 24.2 Å². The number of nitrogens with zero attached hydrogens (tertiary/aromatic N) is 17. The number of halogens is 10. The summed E-state index contributed by atoms with van der Waals surface area (Å²) in [7, 11) is 0. The highest BCUT2D eigenvalue weighted by molar-refractivity contribution is 6.67. The number of pyridine rings is 5. The predicted octanol–water partition coefficient (Wildman–Crippen LogP) is 19.3. The van der Waals surface area contributed by atoms with Crippen LogP contribution in [0.2, 0.25) is 0 Å². The van der Waals surface area contributed by atoms with Crippen LogP contribution in [0, 0.1) is 59.5 Å². The molecule has 5 aliphatic heterocycles. The first kappa shape index (κ1) is 111. The molecule has 1 unspecified atom stereocenters. The summed E-state index contributed by atoms with van der Waals surface area (Å²) in [6.07, 6.45) is 12.8. The maximum absolute atomic E-state index is 13.1. The normalized spacial score (nSPS) is 19.8. The zero-order valence-electron chi connectivity index (χ0n) is 79.7. The summed E-state index contributed by atoms with van der Waals surface area (Å²) in [4.78, 5) is 116. The summed E-state index contributed by atoms with van der Waals surface area (Å²) in [6, 6.07) is 25.1. The number of rotatable bonds is 12. The van der Waals surface area contributed by atoms with Gasteiger partial charge in [0, 0.05) is 109 Å². The van der Waals surface area contributed by atoms with Crippen LogP contribution >= 0.6 is 34.8 Å². The van der Waals surface area contributed by atoms with E-state index in [0.717, 1.165) is 94.5 Å². The molecule has 750 valence electrons. The number of hydrogen-bond acceptors (Lipinski definition) is 28. The number of hydrogen-bond donors (Lipinski definition) is 4. The summed E-state index contributed by atoms with van der Waals surface area (Å²) >= 11 is 14.6. The van der Waals surface area contributed by atoms with Crippen molar-refractivity contribution in [1.29, 1.82) is 0 Å². The van der Waals surface area contributed by atoms with E-state index in [9.17, 15) is 59.5 Å². The van der Waals surface area contributed by atoms with Gasteiger partial charge in [0.1, 0.15) is 86.3 Å². The fraction of sp³-hybridized carbons (Fsp3) is 0.463. The van der Waals surface area contributed by atoms with Crippen LogP contribution in [0.1, 0.15) is 233 Å². The first-order chi connectivity index (χ1) is 65.7. The second-order valence-electron chi connectivity index (χ2n) is 36.2. The maximum atomic E-state index is 13.1. The van der Waals surface area contributed by atoms with E-state index in [1.54, 1.807) is 46.4 Å². The number of oxime groups is 2. The van der Waals surface area contributed by atoms with Crippen LogP contribution in [-0.2, 0) is 19.0 Å². The summed E-state index contributed by atoms with van der Waals surface area (Å²) in [5.74, 6) is -1.28. The number of amidine groups is 2. The molecular weight excluding hydrogens is 1880 g/mol. The highest BCUT2D eigenvalue weighted by Crippen LogP contribution is 2.35. The molecule has 8 aromatic heterocycles. The Labute approximate surface area is 815 Å². The topological polar surface area (TPSA) is 443 Å². The molecule has 0 saturated carbocycles. The number of piperidine rings is 5. The Bertz CT molecular complexity index is 5600. The summed E-state index contributed by atoms with van der Waals surface area (Å²) in [5.41, 5.74) is 12.7. The van der Waals surface area contributed by atoms with Crippen molar-refractivity contribution in [2.24, 2.45) is 33.6 Å². The second-order valence-corrected chi connectivity index (χ2v) is 37.3. The SMILES string of the molecule is C[C@@H]1CCC(C(N)=NOC(=O)c2ccc(F)cn2)CN1C(=O)OC(C)(C)C.C[C@@H]1CC[C@H](C(N)=NO)CN1C(=O)OC(C)(C)C.C[C@@H]1CC[C@H](c2noc(-c3ccc(F)cn3)n2)CN1.C[C@@H]1CC[C@H](c2noc(-c3ccc(F)cn3)n2)CN1C(=O)OC(C)(C)C.C[C@@H]1CC[C@H](c2noc(-c3ccc(F)cn3)n2)CN1C(=O)c1ccc(F)cc1.Cc1ccc(F)cn1.ClCCl.O=C(Cl)c1ccc(F)cc1. The van der Waals surface area contributed by atoms with Crippen LogP contribution in [0.15, 0.2) is 164 Å². The van der Waals surface area contributed by atoms with Gasteiger partial charge in [-0.15, -0.1) is 23.2 Å². The average Bonchev–Trinajstić information content (AvgIpc) is 1.68. The van der Waals surface area contributed by atoms with Gasteiger partial charge in [-0.1, -0.05) is 25.8 Å². The van der Waals surface area contributed by atoms with Crippen molar-refractivity contribution < 1.29 is 97.3 Å². The number of carbonyl (C=O) groups excluding carboxylic acids is 6. The van der Waals surface area contributed by atoms with Gasteiger partial charge in [0.15, 0.2) is 23.2 Å². The Morgan fingerprint density at radius 1 is 0.439 bits per heavy atom. The lowest BCUT2D eigenvalue weighted by molar-refractivity contribution is 0.00781. The molecule has 5 aliphatic rings. The maximum Gasteiger partial charge on any atom is 0.410 e.